The molecule has 2 atom stereocenters. The first kappa shape index (κ1) is 18.4. The van der Waals surface area contributed by atoms with Gasteiger partial charge in [-0.3, -0.25) is 19.8 Å². The Bertz CT molecular complexity index is 548. The van der Waals surface area contributed by atoms with Gasteiger partial charge in [-0.1, -0.05) is 12.2 Å². The highest BCUT2D eigenvalue weighted by Crippen LogP contribution is 2.29. The number of amides is 4. The third kappa shape index (κ3) is 3.95. The molecule has 2 aliphatic heterocycles. The van der Waals surface area contributed by atoms with Gasteiger partial charge in [-0.15, -0.1) is 0 Å². The Morgan fingerprint density at radius 2 is 2.17 bits per heavy atom. The van der Waals surface area contributed by atoms with Crippen molar-refractivity contribution in [1.82, 2.24) is 20.4 Å². The standard InChI is InChI=1S/C17H28N4O3/c1-5-21(9-12(2)3)14(22)11-20-8-6-7-13(10-20)17(4)15(23)18-16(24)19-17/h13H,2,5-11H2,1,3-4H3,(H2,18,19,23,24)/t13-,17-/m0/s1. The number of carbonyl (C=O) groups excluding carboxylic acids is 3. The van der Waals surface area contributed by atoms with Crippen LogP contribution in [0.2, 0.25) is 0 Å². The lowest BCUT2D eigenvalue weighted by atomic mass is 9.80. The van der Waals surface area contributed by atoms with Gasteiger partial charge in [0.05, 0.1) is 6.54 Å². The number of likely N-dealkylation sites (N-methyl/N-ethyl adjacent to an activating group) is 1. The molecule has 0 unspecified atom stereocenters. The van der Waals surface area contributed by atoms with E-state index in [1.807, 2.05) is 13.8 Å². The molecule has 7 heteroatoms. The molecule has 2 rings (SSSR count). The molecular weight excluding hydrogens is 308 g/mol. The summed E-state index contributed by atoms with van der Waals surface area (Å²) in [5.74, 6) is -0.198. The topological polar surface area (TPSA) is 81.8 Å². The maximum atomic E-state index is 12.5. The van der Waals surface area contributed by atoms with Gasteiger partial charge in [0, 0.05) is 25.6 Å². The minimum atomic E-state index is -0.888. The molecule has 0 aromatic heterocycles. The average Bonchev–Trinajstić information content (AvgIpc) is 2.78. The third-order valence-corrected chi connectivity index (χ3v) is 4.95. The molecule has 0 aromatic rings. The van der Waals surface area contributed by atoms with Crippen molar-refractivity contribution in [1.29, 1.82) is 0 Å². The van der Waals surface area contributed by atoms with E-state index in [9.17, 15) is 14.4 Å². The van der Waals surface area contributed by atoms with Crippen molar-refractivity contribution >= 4 is 17.8 Å². The Morgan fingerprint density at radius 1 is 1.46 bits per heavy atom. The second kappa shape index (κ2) is 7.34. The van der Waals surface area contributed by atoms with Gasteiger partial charge < -0.3 is 10.2 Å². The number of urea groups is 1. The van der Waals surface area contributed by atoms with Crippen molar-refractivity contribution in [2.45, 2.75) is 39.2 Å². The number of carbonyl (C=O) groups is 3. The van der Waals surface area contributed by atoms with Crippen molar-refractivity contribution < 1.29 is 14.4 Å². The van der Waals surface area contributed by atoms with Crippen LogP contribution in [0.4, 0.5) is 4.79 Å². The van der Waals surface area contributed by atoms with Gasteiger partial charge >= 0.3 is 6.03 Å². The van der Waals surface area contributed by atoms with Crippen LogP contribution in [0.1, 0.15) is 33.6 Å². The van der Waals surface area contributed by atoms with Crippen molar-refractivity contribution in [3.63, 3.8) is 0 Å². The monoisotopic (exact) mass is 336 g/mol. The van der Waals surface area contributed by atoms with E-state index in [4.69, 9.17) is 0 Å². The summed E-state index contributed by atoms with van der Waals surface area (Å²) in [7, 11) is 0. The Morgan fingerprint density at radius 3 is 2.71 bits per heavy atom. The molecule has 2 N–H and O–H groups in total. The largest absolute Gasteiger partial charge is 0.338 e. The van der Waals surface area contributed by atoms with Gasteiger partial charge in [0.15, 0.2) is 0 Å². The molecule has 2 saturated heterocycles. The molecule has 0 saturated carbocycles. The van der Waals surface area contributed by atoms with Crippen LogP contribution in [0, 0.1) is 5.92 Å². The smallest absolute Gasteiger partial charge is 0.322 e. The van der Waals surface area contributed by atoms with Crippen LogP contribution in [-0.2, 0) is 9.59 Å². The molecule has 0 radical (unpaired) electrons. The van der Waals surface area contributed by atoms with Gasteiger partial charge in [0.1, 0.15) is 5.54 Å². The zero-order valence-electron chi connectivity index (χ0n) is 14.9. The molecule has 0 aliphatic carbocycles. The SMILES string of the molecule is C=C(C)CN(CC)C(=O)CN1CCC[C@H]([C@]2(C)NC(=O)NC2=O)C1. The van der Waals surface area contributed by atoms with Crippen LogP contribution in [0.5, 0.6) is 0 Å². The Hall–Kier alpha value is -1.89. The van der Waals surface area contributed by atoms with Crippen LogP contribution in [0.25, 0.3) is 0 Å². The third-order valence-electron chi connectivity index (χ3n) is 4.95. The average molecular weight is 336 g/mol. The summed E-state index contributed by atoms with van der Waals surface area (Å²) >= 11 is 0. The van der Waals surface area contributed by atoms with Crippen molar-refractivity contribution in [3.05, 3.63) is 12.2 Å². The first-order valence-corrected chi connectivity index (χ1v) is 8.54. The van der Waals surface area contributed by atoms with E-state index in [1.165, 1.54) is 0 Å². The second-order valence-corrected chi connectivity index (χ2v) is 7.05. The quantitative estimate of drug-likeness (QED) is 0.553. The maximum absolute atomic E-state index is 12.5. The van der Waals surface area contributed by atoms with E-state index >= 15 is 0 Å². The highest BCUT2D eigenvalue weighted by atomic mass is 16.2. The summed E-state index contributed by atoms with van der Waals surface area (Å²) in [4.78, 5) is 40.0. The Labute approximate surface area is 143 Å². The van der Waals surface area contributed by atoms with Crippen LogP contribution in [-0.4, -0.2) is 65.9 Å². The Kier molecular flexibility index (Phi) is 5.64. The summed E-state index contributed by atoms with van der Waals surface area (Å²) < 4.78 is 0. The van der Waals surface area contributed by atoms with Gasteiger partial charge in [-0.05, 0) is 40.2 Å². The predicted molar refractivity (Wildman–Crippen MR) is 91.3 cm³/mol. The molecule has 2 aliphatic rings. The lowest BCUT2D eigenvalue weighted by Gasteiger charge is -2.39. The van der Waals surface area contributed by atoms with E-state index in [0.29, 0.717) is 26.2 Å². The zero-order chi connectivity index (χ0) is 17.9. The highest BCUT2D eigenvalue weighted by molar-refractivity contribution is 6.07. The molecule has 134 valence electrons. The number of imide groups is 1. The summed E-state index contributed by atoms with van der Waals surface area (Å²) in [5, 5.41) is 5.07. The van der Waals surface area contributed by atoms with E-state index in [2.05, 4.69) is 22.1 Å². The van der Waals surface area contributed by atoms with Crippen LogP contribution < -0.4 is 10.6 Å². The molecule has 0 aromatic carbocycles. The fraction of sp³-hybridized carbons (Fsp3) is 0.706. The predicted octanol–water partition coefficient (Wildman–Crippen LogP) is 0.721. The number of nitrogens with one attached hydrogen (secondary N) is 2. The highest BCUT2D eigenvalue weighted by Gasteiger charge is 2.49. The van der Waals surface area contributed by atoms with Gasteiger partial charge in [-0.25, -0.2) is 4.79 Å². The Balaban J connectivity index is 1.98. The van der Waals surface area contributed by atoms with Crippen molar-refractivity contribution in [3.8, 4) is 0 Å². The second-order valence-electron chi connectivity index (χ2n) is 7.05. The first-order valence-electron chi connectivity index (χ1n) is 8.54. The molecule has 4 amide bonds. The van der Waals surface area contributed by atoms with Crippen LogP contribution >= 0.6 is 0 Å². The van der Waals surface area contributed by atoms with E-state index in [1.54, 1.807) is 11.8 Å². The normalized spacial score (nSPS) is 27.5. The molecular formula is C17H28N4O3. The van der Waals surface area contributed by atoms with Crippen LogP contribution in [0.15, 0.2) is 12.2 Å². The van der Waals surface area contributed by atoms with Gasteiger partial charge in [0.25, 0.3) is 5.91 Å². The minimum Gasteiger partial charge on any atom is -0.338 e. The molecule has 0 spiro atoms. The van der Waals surface area contributed by atoms with E-state index in [0.717, 1.165) is 25.0 Å². The number of piperidine rings is 1. The molecule has 7 nitrogen and oxygen atoms in total. The number of nitrogens with zero attached hydrogens (tertiary/aromatic N) is 2. The summed E-state index contributed by atoms with van der Waals surface area (Å²) in [5.41, 5.74) is 0.0700. The number of likely N-dealkylation sites (tertiary alicyclic amines) is 1. The summed E-state index contributed by atoms with van der Waals surface area (Å²) in [6, 6.07) is -0.436. The van der Waals surface area contributed by atoms with Crippen molar-refractivity contribution in [2.24, 2.45) is 5.92 Å². The van der Waals surface area contributed by atoms with Gasteiger partial charge in [0.2, 0.25) is 5.91 Å². The minimum absolute atomic E-state index is 0.00159. The lowest BCUT2D eigenvalue weighted by Crippen LogP contribution is -2.56. The number of hydrogen-bond acceptors (Lipinski definition) is 4. The number of hydrogen-bond donors (Lipinski definition) is 2. The van der Waals surface area contributed by atoms with Crippen LogP contribution in [0.3, 0.4) is 0 Å². The lowest BCUT2D eigenvalue weighted by molar-refractivity contribution is -0.132. The summed E-state index contributed by atoms with van der Waals surface area (Å²) in [6.45, 7) is 12.5. The van der Waals surface area contributed by atoms with Gasteiger partial charge in [-0.2, -0.15) is 0 Å². The zero-order valence-corrected chi connectivity index (χ0v) is 14.9. The van der Waals surface area contributed by atoms with E-state index < -0.39 is 11.6 Å². The molecule has 0 bridgehead atoms. The molecule has 2 fully saturated rings. The van der Waals surface area contributed by atoms with Crippen molar-refractivity contribution in [2.75, 3.05) is 32.7 Å². The van der Waals surface area contributed by atoms with E-state index in [-0.39, 0.29) is 17.7 Å². The maximum Gasteiger partial charge on any atom is 0.322 e. The summed E-state index contributed by atoms with van der Waals surface area (Å²) in [6.07, 6.45) is 1.77. The molecule has 2 heterocycles. The fourth-order valence-electron chi connectivity index (χ4n) is 3.51. The number of rotatable bonds is 6. The molecule has 24 heavy (non-hydrogen) atoms. The fourth-order valence-corrected chi connectivity index (χ4v) is 3.51. The first-order chi connectivity index (χ1) is 11.3.